The van der Waals surface area contributed by atoms with Crippen LogP contribution in [-0.2, 0) is 17.8 Å². The Hall–Kier alpha value is -3.25. The van der Waals surface area contributed by atoms with Crippen LogP contribution in [0.5, 0.6) is 0 Å². The molecule has 6 nitrogen and oxygen atoms in total. The van der Waals surface area contributed by atoms with Crippen molar-refractivity contribution in [2.45, 2.75) is 26.9 Å². The molecule has 0 N–H and O–H groups in total. The molecule has 2 heterocycles. The van der Waals surface area contributed by atoms with E-state index in [9.17, 15) is 0 Å². The van der Waals surface area contributed by atoms with Crippen LogP contribution in [0.15, 0.2) is 65.5 Å². The van der Waals surface area contributed by atoms with Crippen molar-refractivity contribution in [2.75, 3.05) is 6.61 Å². The summed E-state index contributed by atoms with van der Waals surface area (Å²) < 4.78 is 11.5. The van der Waals surface area contributed by atoms with Crippen molar-refractivity contribution in [3.8, 4) is 17.0 Å². The molecule has 28 heavy (non-hydrogen) atoms. The molecule has 0 aliphatic heterocycles. The van der Waals surface area contributed by atoms with Crippen LogP contribution in [0.4, 0.5) is 0 Å². The van der Waals surface area contributed by atoms with Crippen LogP contribution in [0.25, 0.3) is 17.0 Å². The Bertz CT molecular complexity index is 1040. The van der Waals surface area contributed by atoms with Crippen LogP contribution in [0, 0.1) is 6.92 Å². The lowest BCUT2D eigenvalue weighted by Gasteiger charge is -2.07. The van der Waals surface area contributed by atoms with E-state index in [1.807, 2.05) is 31.2 Å². The van der Waals surface area contributed by atoms with Gasteiger partial charge in [-0.05, 0) is 54.8 Å². The number of aryl methyl sites for hydroxylation is 1. The summed E-state index contributed by atoms with van der Waals surface area (Å²) in [7, 11) is 0. The zero-order valence-corrected chi connectivity index (χ0v) is 16.0. The van der Waals surface area contributed by atoms with E-state index in [0.717, 1.165) is 22.6 Å². The summed E-state index contributed by atoms with van der Waals surface area (Å²) in [6.45, 7) is 5.44. The van der Waals surface area contributed by atoms with Crippen LogP contribution < -0.4 is 0 Å². The van der Waals surface area contributed by atoms with E-state index in [0.29, 0.717) is 25.5 Å². The molecule has 0 fully saturated rings. The van der Waals surface area contributed by atoms with Crippen LogP contribution in [0.2, 0.25) is 0 Å². The number of rotatable bonds is 7. The fourth-order valence-electron chi connectivity index (χ4n) is 3.02. The molecule has 0 aliphatic carbocycles. The fourth-order valence-corrected chi connectivity index (χ4v) is 3.02. The molecular weight excluding hydrogens is 352 g/mol. The lowest BCUT2D eigenvalue weighted by Crippen LogP contribution is -1.97. The van der Waals surface area contributed by atoms with Crippen LogP contribution in [-0.4, -0.2) is 26.6 Å². The van der Waals surface area contributed by atoms with E-state index >= 15 is 0 Å². The summed E-state index contributed by atoms with van der Waals surface area (Å²) in [5.41, 5.74) is 5.45. The van der Waals surface area contributed by atoms with Crippen molar-refractivity contribution >= 4 is 0 Å². The van der Waals surface area contributed by atoms with Gasteiger partial charge in [-0.3, -0.25) is 0 Å². The zero-order chi connectivity index (χ0) is 19.3. The van der Waals surface area contributed by atoms with Gasteiger partial charge in [-0.15, -0.1) is 0 Å². The van der Waals surface area contributed by atoms with E-state index in [4.69, 9.17) is 9.15 Å². The van der Waals surface area contributed by atoms with Gasteiger partial charge in [-0.1, -0.05) is 18.2 Å². The molecule has 0 saturated heterocycles. The van der Waals surface area contributed by atoms with Crippen molar-refractivity contribution in [3.05, 3.63) is 83.6 Å². The Balaban J connectivity index is 1.50. The van der Waals surface area contributed by atoms with Crippen LogP contribution in [0.1, 0.15) is 29.5 Å². The van der Waals surface area contributed by atoms with Crippen molar-refractivity contribution < 1.29 is 9.15 Å². The second-order valence-electron chi connectivity index (χ2n) is 6.56. The summed E-state index contributed by atoms with van der Waals surface area (Å²) in [5, 5.41) is 8.27. The van der Waals surface area contributed by atoms with E-state index in [1.54, 1.807) is 23.4 Å². The van der Waals surface area contributed by atoms with Gasteiger partial charge in [0.25, 0.3) is 0 Å². The summed E-state index contributed by atoms with van der Waals surface area (Å²) in [6, 6.07) is 14.3. The minimum atomic E-state index is 0.623. The maximum absolute atomic E-state index is 6.00. The normalized spacial score (nSPS) is 11.1. The highest BCUT2D eigenvalue weighted by molar-refractivity contribution is 5.58. The van der Waals surface area contributed by atoms with E-state index in [2.05, 4.69) is 40.3 Å². The molecule has 4 aromatic rings. The number of oxazole rings is 1. The van der Waals surface area contributed by atoms with Gasteiger partial charge in [0, 0.05) is 18.6 Å². The number of ether oxygens (including phenoxy) is 1. The average molecular weight is 374 g/mol. The third-order valence-electron chi connectivity index (χ3n) is 4.58. The first kappa shape index (κ1) is 18.1. The summed E-state index contributed by atoms with van der Waals surface area (Å²) in [6.07, 6.45) is 5.74. The predicted molar refractivity (Wildman–Crippen MR) is 106 cm³/mol. The van der Waals surface area contributed by atoms with Gasteiger partial charge in [0.2, 0.25) is 0 Å². The Morgan fingerprint density at radius 3 is 2.57 bits per heavy atom. The SMILES string of the molecule is CCOCc1ccc(C)c(Cc2ncc(-c3ccc(-n4nccn4)cc3)o2)c1. The highest BCUT2D eigenvalue weighted by Crippen LogP contribution is 2.24. The predicted octanol–water partition coefficient (Wildman–Crippen LogP) is 4.36. The Morgan fingerprint density at radius 2 is 1.82 bits per heavy atom. The standard InChI is InChI=1S/C22H22N4O2/c1-3-27-15-17-5-4-16(2)19(12-17)13-22-23-14-21(28-22)18-6-8-20(9-7-18)26-24-10-11-25-26/h4-12,14H,3,13,15H2,1-2H3. The molecular formula is C22H22N4O2. The lowest BCUT2D eigenvalue weighted by molar-refractivity contribution is 0.134. The zero-order valence-electron chi connectivity index (χ0n) is 16.0. The molecule has 0 unspecified atom stereocenters. The molecule has 4 rings (SSSR count). The third kappa shape index (κ3) is 4.02. The topological polar surface area (TPSA) is 66.0 Å². The molecule has 0 atom stereocenters. The van der Waals surface area contributed by atoms with Gasteiger partial charge in [-0.2, -0.15) is 15.0 Å². The molecule has 0 radical (unpaired) electrons. The average Bonchev–Trinajstić information content (AvgIpc) is 3.41. The molecule has 0 spiro atoms. The van der Waals surface area contributed by atoms with Crippen molar-refractivity contribution in [3.63, 3.8) is 0 Å². The second kappa shape index (κ2) is 8.19. The van der Waals surface area contributed by atoms with Gasteiger partial charge in [-0.25, -0.2) is 4.98 Å². The summed E-state index contributed by atoms with van der Waals surface area (Å²) >= 11 is 0. The number of nitrogens with zero attached hydrogens (tertiary/aromatic N) is 4. The van der Waals surface area contributed by atoms with Gasteiger partial charge in [0.05, 0.1) is 30.9 Å². The minimum Gasteiger partial charge on any atom is -0.440 e. The quantitative estimate of drug-likeness (QED) is 0.481. The van der Waals surface area contributed by atoms with Crippen molar-refractivity contribution in [1.29, 1.82) is 0 Å². The maximum Gasteiger partial charge on any atom is 0.199 e. The van der Waals surface area contributed by atoms with E-state index in [1.165, 1.54) is 11.1 Å². The molecule has 0 aliphatic rings. The third-order valence-corrected chi connectivity index (χ3v) is 4.58. The van der Waals surface area contributed by atoms with Crippen LogP contribution in [0.3, 0.4) is 0 Å². The number of hydrogen-bond acceptors (Lipinski definition) is 5. The van der Waals surface area contributed by atoms with E-state index in [-0.39, 0.29) is 0 Å². The van der Waals surface area contributed by atoms with Gasteiger partial charge >= 0.3 is 0 Å². The molecule has 6 heteroatoms. The van der Waals surface area contributed by atoms with Crippen molar-refractivity contribution in [1.82, 2.24) is 20.0 Å². The number of hydrogen-bond donors (Lipinski definition) is 0. The lowest BCUT2D eigenvalue weighted by atomic mass is 10.0. The highest BCUT2D eigenvalue weighted by Gasteiger charge is 2.10. The van der Waals surface area contributed by atoms with Gasteiger partial charge in [0.15, 0.2) is 11.7 Å². The Kier molecular flexibility index (Phi) is 5.30. The Labute approximate surface area is 163 Å². The smallest absolute Gasteiger partial charge is 0.199 e. The summed E-state index contributed by atoms with van der Waals surface area (Å²) in [4.78, 5) is 6.04. The fraction of sp³-hybridized carbons (Fsp3) is 0.227. The second-order valence-corrected chi connectivity index (χ2v) is 6.56. The largest absolute Gasteiger partial charge is 0.440 e. The molecule has 142 valence electrons. The number of benzene rings is 2. The first-order valence-electron chi connectivity index (χ1n) is 9.31. The molecule has 0 saturated carbocycles. The molecule has 2 aromatic carbocycles. The first-order valence-corrected chi connectivity index (χ1v) is 9.31. The van der Waals surface area contributed by atoms with Crippen molar-refractivity contribution in [2.24, 2.45) is 0 Å². The van der Waals surface area contributed by atoms with E-state index < -0.39 is 0 Å². The number of aromatic nitrogens is 4. The Morgan fingerprint density at radius 1 is 1.04 bits per heavy atom. The maximum atomic E-state index is 6.00. The summed E-state index contributed by atoms with van der Waals surface area (Å²) in [5.74, 6) is 1.45. The molecule has 0 bridgehead atoms. The highest BCUT2D eigenvalue weighted by atomic mass is 16.5. The molecule has 0 amide bonds. The van der Waals surface area contributed by atoms with Gasteiger partial charge in [0.1, 0.15) is 0 Å². The van der Waals surface area contributed by atoms with Gasteiger partial charge < -0.3 is 9.15 Å². The molecule has 2 aromatic heterocycles. The minimum absolute atomic E-state index is 0.623. The first-order chi connectivity index (χ1) is 13.7. The monoisotopic (exact) mass is 374 g/mol. The van der Waals surface area contributed by atoms with Crippen LogP contribution >= 0.6 is 0 Å².